The molecule has 0 fully saturated rings. The van der Waals surface area contributed by atoms with Gasteiger partial charge in [0.15, 0.2) is 0 Å². The third-order valence-corrected chi connectivity index (χ3v) is 2.58. The molecule has 78 valence electrons. The van der Waals surface area contributed by atoms with E-state index in [-0.39, 0.29) is 0 Å². The molecule has 0 spiro atoms. The molecule has 2 N–H and O–H groups in total. The predicted octanol–water partition coefficient (Wildman–Crippen LogP) is 2.19. The average molecular weight is 201 g/mol. The van der Waals surface area contributed by atoms with E-state index in [1.807, 2.05) is 32.4 Å². The van der Waals surface area contributed by atoms with Crippen LogP contribution in [0.3, 0.4) is 0 Å². The predicted molar refractivity (Wildman–Crippen MR) is 65.2 cm³/mol. The zero-order valence-electron chi connectivity index (χ0n) is 9.28. The second-order valence-corrected chi connectivity index (χ2v) is 3.95. The first-order valence-corrected chi connectivity index (χ1v) is 4.91. The lowest BCUT2D eigenvalue weighted by Gasteiger charge is -2.19. The molecule has 0 bridgehead atoms. The monoisotopic (exact) mass is 201 g/mol. The van der Waals surface area contributed by atoms with Gasteiger partial charge in [0.2, 0.25) is 0 Å². The Morgan fingerprint density at radius 1 is 1.27 bits per heavy atom. The fourth-order valence-corrected chi connectivity index (χ4v) is 2.02. The first-order valence-electron chi connectivity index (χ1n) is 4.91. The van der Waals surface area contributed by atoms with Crippen molar-refractivity contribution in [3.63, 3.8) is 0 Å². The van der Waals surface area contributed by atoms with Crippen molar-refractivity contribution in [3.8, 4) is 0 Å². The van der Waals surface area contributed by atoms with Crippen LogP contribution in [-0.2, 0) is 0 Å². The van der Waals surface area contributed by atoms with E-state index in [1.54, 1.807) is 6.20 Å². The lowest BCUT2D eigenvalue weighted by atomic mass is 10.0. The molecule has 0 atom stereocenters. The fraction of sp³-hybridized carbons (Fsp3) is 0.250. The molecule has 1 aromatic carbocycles. The average Bonchev–Trinajstić information content (AvgIpc) is 2.17. The van der Waals surface area contributed by atoms with E-state index >= 15 is 0 Å². The summed E-state index contributed by atoms with van der Waals surface area (Å²) >= 11 is 0. The molecule has 1 heterocycles. The highest BCUT2D eigenvalue weighted by molar-refractivity contribution is 6.02. The van der Waals surface area contributed by atoms with Crippen LogP contribution in [0.25, 0.3) is 10.8 Å². The zero-order chi connectivity index (χ0) is 11.0. The van der Waals surface area contributed by atoms with Crippen LogP contribution in [0, 0.1) is 6.92 Å². The normalized spacial score (nSPS) is 10.6. The van der Waals surface area contributed by atoms with E-state index in [0.29, 0.717) is 0 Å². The van der Waals surface area contributed by atoms with E-state index in [9.17, 15) is 0 Å². The second-order valence-electron chi connectivity index (χ2n) is 3.95. The molecular weight excluding hydrogens is 186 g/mol. The molecule has 2 aromatic rings. The minimum atomic E-state index is 0.815. The molecular formula is C12H15N3. The number of benzene rings is 1. The van der Waals surface area contributed by atoms with E-state index in [1.165, 1.54) is 11.3 Å². The molecule has 0 saturated heterocycles. The van der Waals surface area contributed by atoms with Gasteiger partial charge in [-0.3, -0.25) is 4.98 Å². The standard InChI is InChI=1S/C12H15N3/c1-8-6-11(13)9-4-5-14-7-10(9)12(8)15(2)3/h4-7H,13H2,1-3H3. The Morgan fingerprint density at radius 2 is 2.00 bits per heavy atom. The van der Waals surface area contributed by atoms with Gasteiger partial charge in [-0.15, -0.1) is 0 Å². The molecule has 1 aromatic heterocycles. The van der Waals surface area contributed by atoms with Gasteiger partial charge in [-0.25, -0.2) is 0 Å². The van der Waals surface area contributed by atoms with E-state index in [2.05, 4.69) is 16.8 Å². The van der Waals surface area contributed by atoms with Gasteiger partial charge in [-0.1, -0.05) is 0 Å². The zero-order valence-corrected chi connectivity index (χ0v) is 9.28. The highest BCUT2D eigenvalue weighted by atomic mass is 15.1. The first kappa shape index (κ1) is 9.77. The van der Waals surface area contributed by atoms with Gasteiger partial charge in [0.05, 0.1) is 0 Å². The minimum absolute atomic E-state index is 0.815. The largest absolute Gasteiger partial charge is 0.398 e. The summed E-state index contributed by atoms with van der Waals surface area (Å²) < 4.78 is 0. The Hall–Kier alpha value is -1.77. The van der Waals surface area contributed by atoms with Crippen molar-refractivity contribution in [3.05, 3.63) is 30.1 Å². The lowest BCUT2D eigenvalue weighted by Crippen LogP contribution is -2.11. The fourth-order valence-electron chi connectivity index (χ4n) is 2.02. The molecule has 15 heavy (non-hydrogen) atoms. The molecule has 0 radical (unpaired) electrons. The van der Waals surface area contributed by atoms with Crippen LogP contribution in [0.5, 0.6) is 0 Å². The van der Waals surface area contributed by atoms with Crippen LogP contribution < -0.4 is 10.6 Å². The molecule has 3 heteroatoms. The summed E-state index contributed by atoms with van der Waals surface area (Å²) in [5.41, 5.74) is 9.16. The third-order valence-electron chi connectivity index (χ3n) is 2.58. The van der Waals surface area contributed by atoms with Crippen LogP contribution in [0.4, 0.5) is 11.4 Å². The molecule has 0 saturated carbocycles. The number of nitrogens with two attached hydrogens (primary N) is 1. The quantitative estimate of drug-likeness (QED) is 0.719. The lowest BCUT2D eigenvalue weighted by molar-refractivity contribution is 1.12. The number of anilines is 2. The van der Waals surface area contributed by atoms with E-state index in [0.717, 1.165) is 16.5 Å². The Labute approximate surface area is 89.5 Å². The van der Waals surface area contributed by atoms with Gasteiger partial charge in [-0.2, -0.15) is 0 Å². The van der Waals surface area contributed by atoms with Crippen molar-refractivity contribution in [2.75, 3.05) is 24.7 Å². The number of hydrogen-bond acceptors (Lipinski definition) is 3. The van der Waals surface area contributed by atoms with Gasteiger partial charge < -0.3 is 10.6 Å². The maximum atomic E-state index is 5.98. The number of aryl methyl sites for hydroxylation is 1. The van der Waals surface area contributed by atoms with Gasteiger partial charge in [0.25, 0.3) is 0 Å². The van der Waals surface area contributed by atoms with Crippen molar-refractivity contribution in [2.45, 2.75) is 6.92 Å². The first-order chi connectivity index (χ1) is 7.11. The van der Waals surface area contributed by atoms with Crippen LogP contribution in [0.15, 0.2) is 24.5 Å². The van der Waals surface area contributed by atoms with Crippen LogP contribution in [0.1, 0.15) is 5.56 Å². The highest BCUT2D eigenvalue weighted by Gasteiger charge is 2.09. The summed E-state index contributed by atoms with van der Waals surface area (Å²) in [6, 6.07) is 3.97. The van der Waals surface area contributed by atoms with E-state index < -0.39 is 0 Å². The van der Waals surface area contributed by atoms with Crippen LogP contribution in [-0.4, -0.2) is 19.1 Å². The Bertz CT molecular complexity index is 503. The maximum absolute atomic E-state index is 5.98. The summed E-state index contributed by atoms with van der Waals surface area (Å²) in [5, 5.41) is 2.18. The minimum Gasteiger partial charge on any atom is -0.398 e. The topological polar surface area (TPSA) is 42.1 Å². The van der Waals surface area contributed by atoms with E-state index in [4.69, 9.17) is 5.73 Å². The number of aromatic nitrogens is 1. The maximum Gasteiger partial charge on any atom is 0.0487 e. The number of nitrogens with zero attached hydrogens (tertiary/aromatic N) is 2. The van der Waals surface area contributed by atoms with Gasteiger partial charge >= 0.3 is 0 Å². The Morgan fingerprint density at radius 3 is 2.67 bits per heavy atom. The SMILES string of the molecule is Cc1cc(N)c2ccncc2c1N(C)C. The number of rotatable bonds is 1. The van der Waals surface area contributed by atoms with Gasteiger partial charge in [0, 0.05) is 48.6 Å². The van der Waals surface area contributed by atoms with Crippen molar-refractivity contribution in [1.82, 2.24) is 4.98 Å². The summed E-state index contributed by atoms with van der Waals surface area (Å²) in [4.78, 5) is 6.25. The third kappa shape index (κ3) is 1.50. The van der Waals surface area contributed by atoms with Crippen LogP contribution >= 0.6 is 0 Å². The Kier molecular flexibility index (Phi) is 2.23. The molecule has 2 rings (SSSR count). The number of nitrogen functional groups attached to an aromatic ring is 1. The summed E-state index contributed by atoms with van der Waals surface area (Å²) in [7, 11) is 4.07. The summed E-state index contributed by atoms with van der Waals surface area (Å²) in [5.74, 6) is 0. The smallest absolute Gasteiger partial charge is 0.0487 e. The molecule has 0 amide bonds. The van der Waals surface area contributed by atoms with Gasteiger partial charge in [0.1, 0.15) is 0 Å². The van der Waals surface area contributed by atoms with Crippen molar-refractivity contribution in [1.29, 1.82) is 0 Å². The molecule has 0 unspecified atom stereocenters. The molecule has 3 nitrogen and oxygen atoms in total. The molecule has 0 aliphatic carbocycles. The van der Waals surface area contributed by atoms with Crippen molar-refractivity contribution < 1.29 is 0 Å². The number of hydrogen-bond donors (Lipinski definition) is 1. The summed E-state index contributed by atoms with van der Waals surface area (Å²) in [6.45, 7) is 2.07. The van der Waals surface area contributed by atoms with Crippen LogP contribution in [0.2, 0.25) is 0 Å². The Balaban J connectivity index is 2.90. The van der Waals surface area contributed by atoms with Crippen molar-refractivity contribution in [2.24, 2.45) is 0 Å². The molecule has 0 aliphatic heterocycles. The number of pyridine rings is 1. The summed E-state index contributed by atoms with van der Waals surface area (Å²) in [6.07, 6.45) is 3.64. The molecule has 0 aliphatic rings. The second kappa shape index (κ2) is 3.42. The number of fused-ring (bicyclic) bond motifs is 1. The van der Waals surface area contributed by atoms with Crippen molar-refractivity contribution >= 4 is 22.1 Å². The highest BCUT2D eigenvalue weighted by Crippen LogP contribution is 2.32. The van der Waals surface area contributed by atoms with Gasteiger partial charge in [-0.05, 0) is 24.6 Å².